The average Bonchev–Trinajstić information content (AvgIpc) is 3.24. The molecule has 1 atom stereocenters. The lowest BCUT2D eigenvalue weighted by molar-refractivity contribution is -0.161. The van der Waals surface area contributed by atoms with Crippen molar-refractivity contribution < 1.29 is 24.2 Å². The molecule has 5 heteroatoms. The minimum absolute atomic E-state index is 0.0714. The third kappa shape index (κ3) is 47.9. The van der Waals surface area contributed by atoms with E-state index in [4.69, 9.17) is 9.47 Å². The molecule has 0 aromatic carbocycles. The number of hydrogen-bond acceptors (Lipinski definition) is 5. The summed E-state index contributed by atoms with van der Waals surface area (Å²) in [4.78, 5) is 24.4. The van der Waals surface area contributed by atoms with Gasteiger partial charge in [0.15, 0.2) is 6.10 Å². The number of hydrogen-bond donors (Lipinski definition) is 1. The highest BCUT2D eigenvalue weighted by molar-refractivity contribution is 5.70. The van der Waals surface area contributed by atoms with E-state index in [0.29, 0.717) is 12.8 Å². The number of ether oxygens (including phenoxy) is 2. The summed E-state index contributed by atoms with van der Waals surface area (Å²) in [7, 11) is 0. The van der Waals surface area contributed by atoms with Gasteiger partial charge in [0.25, 0.3) is 0 Å². The fourth-order valence-electron chi connectivity index (χ4n) is 6.99. The largest absolute Gasteiger partial charge is 0.462 e. The molecular weight excluding hydrogens is 729 g/mol. The monoisotopic (exact) mass is 823 g/mol. The van der Waals surface area contributed by atoms with Gasteiger partial charge in [-0.25, -0.2) is 0 Å². The third-order valence-corrected chi connectivity index (χ3v) is 10.7. The van der Waals surface area contributed by atoms with E-state index in [1.54, 1.807) is 0 Å². The summed E-state index contributed by atoms with van der Waals surface area (Å²) in [5.74, 6) is -0.599. The van der Waals surface area contributed by atoms with Crippen molar-refractivity contribution in [3.05, 3.63) is 72.9 Å². The van der Waals surface area contributed by atoms with Gasteiger partial charge in [0, 0.05) is 12.8 Å². The van der Waals surface area contributed by atoms with Crippen LogP contribution in [0.4, 0.5) is 0 Å². The molecule has 5 nitrogen and oxygen atoms in total. The predicted molar refractivity (Wildman–Crippen MR) is 256 cm³/mol. The Morgan fingerprint density at radius 2 is 0.729 bits per heavy atom. The predicted octanol–water partition coefficient (Wildman–Crippen LogP) is 16.5. The number of esters is 2. The van der Waals surface area contributed by atoms with E-state index in [9.17, 15) is 14.7 Å². The summed E-state index contributed by atoms with van der Waals surface area (Å²) in [6.07, 6.45) is 67.1. The van der Waals surface area contributed by atoms with Gasteiger partial charge < -0.3 is 14.6 Å². The van der Waals surface area contributed by atoms with Crippen LogP contribution in [0.5, 0.6) is 0 Å². The summed E-state index contributed by atoms with van der Waals surface area (Å²) in [5.41, 5.74) is 0. The van der Waals surface area contributed by atoms with Gasteiger partial charge >= 0.3 is 11.9 Å². The van der Waals surface area contributed by atoms with Gasteiger partial charge in [-0.15, -0.1) is 0 Å². The minimum Gasteiger partial charge on any atom is -0.462 e. The van der Waals surface area contributed by atoms with Crippen LogP contribution in [-0.4, -0.2) is 36.4 Å². The molecule has 0 aromatic heterocycles. The highest BCUT2D eigenvalue weighted by Gasteiger charge is 2.16. The highest BCUT2D eigenvalue weighted by atomic mass is 16.6. The molecule has 0 aromatic rings. The summed E-state index contributed by atoms with van der Waals surface area (Å²) < 4.78 is 10.7. The lowest BCUT2D eigenvalue weighted by atomic mass is 10.0. The number of rotatable bonds is 45. The molecule has 0 aliphatic heterocycles. The SMILES string of the molecule is CC/C=C\C/C=C\C/C=C\C/C=C\C/C=C\CCCCCCCCCCCCCCCC(=O)OC(CO)COC(=O)CCCCCCC/C=C\CCCCCCCCC. The molecular formula is C54H94O5. The average molecular weight is 823 g/mol. The lowest BCUT2D eigenvalue weighted by Crippen LogP contribution is -2.28. The molecule has 0 bridgehead atoms. The first-order chi connectivity index (χ1) is 29.1. The Morgan fingerprint density at radius 3 is 1.12 bits per heavy atom. The maximum Gasteiger partial charge on any atom is 0.306 e. The molecule has 0 amide bonds. The first kappa shape index (κ1) is 56.3. The van der Waals surface area contributed by atoms with Crippen molar-refractivity contribution in [2.75, 3.05) is 13.2 Å². The van der Waals surface area contributed by atoms with Crippen LogP contribution in [0.25, 0.3) is 0 Å². The maximum absolute atomic E-state index is 12.3. The van der Waals surface area contributed by atoms with Crippen LogP contribution >= 0.6 is 0 Å². The molecule has 0 aliphatic carbocycles. The summed E-state index contributed by atoms with van der Waals surface area (Å²) in [6.45, 7) is 4.03. The Kier molecular flexibility index (Phi) is 47.5. The second-order valence-corrected chi connectivity index (χ2v) is 16.5. The Balaban J connectivity index is 3.51. The third-order valence-electron chi connectivity index (χ3n) is 10.7. The Hall–Kier alpha value is -2.66. The summed E-state index contributed by atoms with van der Waals surface area (Å²) >= 11 is 0. The van der Waals surface area contributed by atoms with Crippen molar-refractivity contribution in [1.29, 1.82) is 0 Å². The van der Waals surface area contributed by atoms with E-state index in [1.165, 1.54) is 135 Å². The van der Waals surface area contributed by atoms with Crippen LogP contribution in [0.2, 0.25) is 0 Å². The van der Waals surface area contributed by atoms with Crippen LogP contribution in [0.15, 0.2) is 72.9 Å². The molecule has 340 valence electrons. The van der Waals surface area contributed by atoms with Gasteiger partial charge in [0.1, 0.15) is 6.61 Å². The zero-order valence-corrected chi connectivity index (χ0v) is 38.7. The van der Waals surface area contributed by atoms with Gasteiger partial charge in [-0.1, -0.05) is 215 Å². The Morgan fingerprint density at radius 1 is 0.407 bits per heavy atom. The molecule has 0 fully saturated rings. The summed E-state index contributed by atoms with van der Waals surface area (Å²) in [5, 5.41) is 9.61. The Labute approximate surface area is 365 Å². The van der Waals surface area contributed by atoms with E-state index in [1.807, 2.05) is 0 Å². The summed E-state index contributed by atoms with van der Waals surface area (Å²) in [6, 6.07) is 0. The minimum atomic E-state index is -0.778. The van der Waals surface area contributed by atoms with Crippen LogP contribution in [0, 0.1) is 0 Å². The van der Waals surface area contributed by atoms with Crippen LogP contribution in [0.1, 0.15) is 239 Å². The van der Waals surface area contributed by atoms with Crippen molar-refractivity contribution in [2.45, 2.75) is 245 Å². The van der Waals surface area contributed by atoms with Crippen LogP contribution in [0.3, 0.4) is 0 Å². The van der Waals surface area contributed by atoms with E-state index in [0.717, 1.165) is 77.0 Å². The standard InChI is InChI=1S/C54H94O5/c1-3-5-7-9-11-13-15-17-19-21-22-23-24-25-26-27-28-29-30-31-32-33-35-37-39-41-43-45-47-49-54(57)59-52(50-55)51-58-53(56)48-46-44-42-40-38-36-34-20-18-16-14-12-10-8-6-4-2/h5,7,11,13,17,19-20,22-23,25-26,34,52,55H,3-4,6,8-10,12,14-16,18,21,24,27-33,35-51H2,1-2H3/b7-5-,13-11-,19-17-,23-22-,26-25-,34-20-. The van der Waals surface area contributed by atoms with Gasteiger partial charge in [-0.3, -0.25) is 9.59 Å². The molecule has 0 aliphatic rings. The van der Waals surface area contributed by atoms with Crippen molar-refractivity contribution in [1.82, 2.24) is 0 Å². The highest BCUT2D eigenvalue weighted by Crippen LogP contribution is 2.15. The molecule has 0 saturated carbocycles. The molecule has 0 saturated heterocycles. The van der Waals surface area contributed by atoms with E-state index >= 15 is 0 Å². The zero-order valence-electron chi connectivity index (χ0n) is 38.7. The number of allylic oxidation sites excluding steroid dienone is 12. The molecule has 1 N–H and O–H groups in total. The second kappa shape index (κ2) is 49.7. The number of aliphatic hydroxyl groups is 1. The van der Waals surface area contributed by atoms with E-state index < -0.39 is 6.10 Å². The van der Waals surface area contributed by atoms with Crippen molar-refractivity contribution >= 4 is 11.9 Å². The normalized spacial score (nSPS) is 12.8. The smallest absolute Gasteiger partial charge is 0.306 e. The van der Waals surface area contributed by atoms with Crippen molar-refractivity contribution in [3.63, 3.8) is 0 Å². The van der Waals surface area contributed by atoms with Gasteiger partial charge in [0.2, 0.25) is 0 Å². The van der Waals surface area contributed by atoms with Crippen LogP contribution < -0.4 is 0 Å². The van der Waals surface area contributed by atoms with Crippen molar-refractivity contribution in [2.24, 2.45) is 0 Å². The first-order valence-corrected chi connectivity index (χ1v) is 25.0. The second-order valence-electron chi connectivity index (χ2n) is 16.5. The molecule has 0 rings (SSSR count). The molecule has 1 unspecified atom stereocenters. The van der Waals surface area contributed by atoms with Crippen LogP contribution in [-0.2, 0) is 19.1 Å². The van der Waals surface area contributed by atoms with Gasteiger partial charge in [0.05, 0.1) is 6.61 Å². The molecule has 0 spiro atoms. The zero-order chi connectivity index (χ0) is 42.8. The van der Waals surface area contributed by atoms with Crippen molar-refractivity contribution in [3.8, 4) is 0 Å². The molecule has 0 radical (unpaired) electrons. The quantitative estimate of drug-likeness (QED) is 0.0376. The number of carbonyl (C=O) groups is 2. The van der Waals surface area contributed by atoms with E-state index in [-0.39, 0.29) is 25.2 Å². The topological polar surface area (TPSA) is 72.8 Å². The number of unbranched alkanes of at least 4 members (excludes halogenated alkanes) is 25. The lowest BCUT2D eigenvalue weighted by Gasteiger charge is -2.15. The Bertz CT molecular complexity index is 1070. The number of carbonyl (C=O) groups excluding carboxylic acids is 2. The van der Waals surface area contributed by atoms with Gasteiger partial charge in [-0.05, 0) is 83.5 Å². The fraction of sp³-hybridized carbons (Fsp3) is 0.741. The molecule has 59 heavy (non-hydrogen) atoms. The van der Waals surface area contributed by atoms with E-state index in [2.05, 4.69) is 86.8 Å². The number of aliphatic hydroxyl groups excluding tert-OH is 1. The fourth-order valence-corrected chi connectivity index (χ4v) is 6.99. The maximum atomic E-state index is 12.3. The van der Waals surface area contributed by atoms with Gasteiger partial charge in [-0.2, -0.15) is 0 Å². The first-order valence-electron chi connectivity index (χ1n) is 25.0. The molecule has 0 heterocycles.